The summed E-state index contributed by atoms with van der Waals surface area (Å²) >= 11 is 0. The van der Waals surface area contributed by atoms with E-state index >= 15 is 0 Å². The average molecular weight is 589 g/mol. The highest BCUT2D eigenvalue weighted by atomic mass is 16.6. The molecule has 0 aliphatic heterocycles. The molecule has 10 heteroatoms. The molecule has 1 aromatic carbocycles. The summed E-state index contributed by atoms with van der Waals surface area (Å²) in [5.74, 6) is 0. The van der Waals surface area contributed by atoms with Crippen LogP contribution in [0.2, 0.25) is 0 Å². The molecule has 0 bridgehead atoms. The standard InChI is InChI=1S/C31H56O10/c1-2-3-4-8-11-32-12-13-33-14-15-34-16-17-35-18-19-36-20-21-37-22-23-38-24-25-39-26-27-40-28-29-41-30-31-9-6-5-7-10-31/h5-7,9-10H,2-4,8,11-30H2,1H3. The molecule has 0 radical (unpaired) electrons. The number of hydrogen-bond donors (Lipinski definition) is 0. The lowest BCUT2D eigenvalue weighted by Crippen LogP contribution is -2.15. The number of ether oxygens (including phenoxy) is 10. The van der Waals surface area contributed by atoms with E-state index in [1.165, 1.54) is 19.3 Å². The minimum Gasteiger partial charge on any atom is -0.379 e. The van der Waals surface area contributed by atoms with Crippen LogP contribution in [0.3, 0.4) is 0 Å². The molecule has 0 atom stereocenters. The van der Waals surface area contributed by atoms with E-state index in [4.69, 9.17) is 47.4 Å². The van der Waals surface area contributed by atoms with Gasteiger partial charge < -0.3 is 47.4 Å². The summed E-state index contributed by atoms with van der Waals surface area (Å²) in [6, 6.07) is 10.1. The molecule has 0 aliphatic carbocycles. The van der Waals surface area contributed by atoms with E-state index in [0.29, 0.717) is 126 Å². The Hall–Kier alpha value is -1.18. The Morgan fingerprint density at radius 2 is 0.659 bits per heavy atom. The fraction of sp³-hybridized carbons (Fsp3) is 0.806. The van der Waals surface area contributed by atoms with Gasteiger partial charge in [-0.1, -0.05) is 56.5 Å². The van der Waals surface area contributed by atoms with E-state index in [9.17, 15) is 0 Å². The van der Waals surface area contributed by atoms with E-state index in [1.807, 2.05) is 30.3 Å². The van der Waals surface area contributed by atoms with Crippen molar-refractivity contribution in [2.24, 2.45) is 0 Å². The summed E-state index contributed by atoms with van der Waals surface area (Å²) in [5, 5.41) is 0. The van der Waals surface area contributed by atoms with Crippen molar-refractivity contribution in [2.45, 2.75) is 39.2 Å². The molecule has 0 heterocycles. The largest absolute Gasteiger partial charge is 0.379 e. The molecule has 0 spiro atoms. The monoisotopic (exact) mass is 588 g/mol. The molecule has 1 aromatic rings. The van der Waals surface area contributed by atoms with Gasteiger partial charge in [0.1, 0.15) is 0 Å². The lowest BCUT2D eigenvalue weighted by atomic mass is 10.2. The summed E-state index contributed by atoms with van der Waals surface area (Å²) in [5.41, 5.74) is 1.16. The molecular formula is C31H56O10. The van der Waals surface area contributed by atoms with Gasteiger partial charge in [-0.05, 0) is 12.0 Å². The molecule has 41 heavy (non-hydrogen) atoms. The second-order valence-corrected chi connectivity index (χ2v) is 9.11. The van der Waals surface area contributed by atoms with Crippen LogP contribution in [0, 0.1) is 0 Å². The van der Waals surface area contributed by atoms with Crippen LogP contribution in [-0.4, -0.2) is 126 Å². The predicted octanol–water partition coefficient (Wildman–Crippen LogP) is 3.93. The molecule has 240 valence electrons. The van der Waals surface area contributed by atoms with Crippen LogP contribution in [-0.2, 0) is 54.0 Å². The predicted molar refractivity (Wildman–Crippen MR) is 158 cm³/mol. The number of benzene rings is 1. The van der Waals surface area contributed by atoms with Gasteiger partial charge in [-0.25, -0.2) is 0 Å². The summed E-state index contributed by atoms with van der Waals surface area (Å²) in [4.78, 5) is 0. The smallest absolute Gasteiger partial charge is 0.0718 e. The van der Waals surface area contributed by atoms with E-state index in [1.54, 1.807) is 0 Å². The van der Waals surface area contributed by atoms with Gasteiger partial charge in [0, 0.05) is 6.61 Å². The van der Waals surface area contributed by atoms with Gasteiger partial charge >= 0.3 is 0 Å². The maximum absolute atomic E-state index is 5.56. The van der Waals surface area contributed by atoms with Crippen molar-refractivity contribution in [3.05, 3.63) is 35.9 Å². The Morgan fingerprint density at radius 1 is 0.341 bits per heavy atom. The highest BCUT2D eigenvalue weighted by Gasteiger charge is 1.96. The topological polar surface area (TPSA) is 92.3 Å². The number of hydrogen-bond acceptors (Lipinski definition) is 10. The highest BCUT2D eigenvalue weighted by molar-refractivity contribution is 5.13. The fourth-order valence-electron chi connectivity index (χ4n) is 3.37. The molecule has 0 saturated heterocycles. The molecule has 1 rings (SSSR count). The Labute approximate surface area is 248 Å². The SMILES string of the molecule is CCCCCCOCCOCCOCCOCCOCCOCCOCCOCCOCCOCc1ccccc1. The quantitative estimate of drug-likeness (QED) is 0.110. The van der Waals surface area contributed by atoms with Crippen LogP contribution in [0.15, 0.2) is 30.3 Å². The average Bonchev–Trinajstić information content (AvgIpc) is 3.00. The van der Waals surface area contributed by atoms with Gasteiger partial charge in [-0.15, -0.1) is 0 Å². The first-order valence-electron chi connectivity index (χ1n) is 15.2. The maximum Gasteiger partial charge on any atom is 0.0718 e. The van der Waals surface area contributed by atoms with Crippen molar-refractivity contribution in [1.29, 1.82) is 0 Å². The van der Waals surface area contributed by atoms with Crippen LogP contribution < -0.4 is 0 Å². The third-order valence-electron chi connectivity index (χ3n) is 5.60. The van der Waals surface area contributed by atoms with Crippen LogP contribution >= 0.6 is 0 Å². The van der Waals surface area contributed by atoms with Crippen molar-refractivity contribution in [2.75, 3.05) is 126 Å². The van der Waals surface area contributed by atoms with Crippen LogP contribution in [0.5, 0.6) is 0 Å². The van der Waals surface area contributed by atoms with Crippen molar-refractivity contribution in [3.63, 3.8) is 0 Å². The minimum absolute atomic E-state index is 0.527. The summed E-state index contributed by atoms with van der Waals surface area (Å²) in [7, 11) is 0. The first kappa shape index (κ1) is 37.8. The molecule has 0 unspecified atom stereocenters. The van der Waals surface area contributed by atoms with Crippen LogP contribution in [0.4, 0.5) is 0 Å². The maximum atomic E-state index is 5.56. The first-order chi connectivity index (χ1) is 20.4. The Bertz CT molecular complexity index is 608. The van der Waals surface area contributed by atoms with E-state index in [0.717, 1.165) is 18.6 Å². The van der Waals surface area contributed by atoms with Gasteiger partial charge in [0.15, 0.2) is 0 Å². The zero-order chi connectivity index (χ0) is 29.2. The minimum atomic E-state index is 0.527. The summed E-state index contributed by atoms with van der Waals surface area (Å²) < 4.78 is 54.9. The van der Waals surface area contributed by atoms with Gasteiger partial charge in [0.2, 0.25) is 0 Å². The Kier molecular flexibility index (Phi) is 30.8. The molecule has 0 saturated carbocycles. The van der Waals surface area contributed by atoms with E-state index in [2.05, 4.69) is 6.92 Å². The first-order valence-corrected chi connectivity index (χ1v) is 15.2. The summed E-state index contributed by atoms with van der Waals surface area (Å²) in [6.45, 7) is 13.6. The zero-order valence-electron chi connectivity index (χ0n) is 25.4. The van der Waals surface area contributed by atoms with Gasteiger partial charge in [0.25, 0.3) is 0 Å². The van der Waals surface area contributed by atoms with E-state index < -0.39 is 0 Å². The molecule has 0 fully saturated rings. The molecule has 0 aromatic heterocycles. The second kappa shape index (κ2) is 33.3. The molecule has 10 nitrogen and oxygen atoms in total. The fourth-order valence-corrected chi connectivity index (χ4v) is 3.37. The number of unbranched alkanes of at least 4 members (excludes halogenated alkanes) is 3. The third-order valence-corrected chi connectivity index (χ3v) is 5.60. The number of rotatable bonds is 34. The summed E-state index contributed by atoms with van der Waals surface area (Å²) in [6.07, 6.45) is 4.91. The van der Waals surface area contributed by atoms with E-state index in [-0.39, 0.29) is 0 Å². The van der Waals surface area contributed by atoms with Gasteiger partial charge in [-0.3, -0.25) is 0 Å². The lowest BCUT2D eigenvalue weighted by Gasteiger charge is -2.09. The second-order valence-electron chi connectivity index (χ2n) is 9.11. The zero-order valence-corrected chi connectivity index (χ0v) is 25.4. The molecule has 0 amide bonds. The lowest BCUT2D eigenvalue weighted by molar-refractivity contribution is -0.0267. The molecule has 0 aliphatic rings. The van der Waals surface area contributed by atoms with Gasteiger partial charge in [0.05, 0.1) is 126 Å². The molecule has 0 N–H and O–H groups in total. The normalized spacial score (nSPS) is 11.4. The highest BCUT2D eigenvalue weighted by Crippen LogP contribution is 2.00. The van der Waals surface area contributed by atoms with Crippen LogP contribution in [0.25, 0.3) is 0 Å². The van der Waals surface area contributed by atoms with Crippen molar-refractivity contribution in [3.8, 4) is 0 Å². The van der Waals surface area contributed by atoms with Crippen molar-refractivity contribution < 1.29 is 47.4 Å². The van der Waals surface area contributed by atoms with Crippen LogP contribution in [0.1, 0.15) is 38.2 Å². The third kappa shape index (κ3) is 30.1. The van der Waals surface area contributed by atoms with Crippen molar-refractivity contribution in [1.82, 2.24) is 0 Å². The Morgan fingerprint density at radius 3 is 1.00 bits per heavy atom. The Balaban J connectivity index is 1.61. The molecular weight excluding hydrogens is 532 g/mol. The van der Waals surface area contributed by atoms with Crippen molar-refractivity contribution >= 4 is 0 Å². The van der Waals surface area contributed by atoms with Gasteiger partial charge in [-0.2, -0.15) is 0 Å².